The predicted octanol–water partition coefficient (Wildman–Crippen LogP) is 2.95. The minimum Gasteiger partial charge on any atom is -0.469 e. The zero-order valence-electron chi connectivity index (χ0n) is 12.0. The average Bonchev–Trinajstić information content (AvgIpc) is 2.36. The highest BCUT2D eigenvalue weighted by Crippen LogP contribution is 2.19. The molecule has 0 rings (SSSR count). The zero-order valence-corrected chi connectivity index (χ0v) is 12.0. The van der Waals surface area contributed by atoms with Crippen LogP contribution < -0.4 is 0 Å². The molecule has 0 saturated heterocycles. The van der Waals surface area contributed by atoms with Crippen LogP contribution in [-0.4, -0.2) is 26.2 Å². The second-order valence-corrected chi connectivity index (χ2v) is 4.94. The maximum atomic E-state index is 11.3. The van der Waals surface area contributed by atoms with Gasteiger partial charge in [0.25, 0.3) is 0 Å². The van der Waals surface area contributed by atoms with Crippen molar-refractivity contribution in [2.24, 2.45) is 11.8 Å². The molecule has 0 fully saturated rings. The van der Waals surface area contributed by atoms with Crippen LogP contribution >= 0.6 is 0 Å². The number of methoxy groups -OCH3 is 2. The summed E-state index contributed by atoms with van der Waals surface area (Å²) < 4.78 is 9.28. The SMILES string of the molecule is COC(=O)CCCCCC(C)CC(C)C(=O)OC. The van der Waals surface area contributed by atoms with Gasteiger partial charge in [-0.1, -0.05) is 33.1 Å². The lowest BCUT2D eigenvalue weighted by Crippen LogP contribution is -2.15. The molecule has 0 aromatic heterocycles. The molecule has 4 nitrogen and oxygen atoms in total. The molecule has 0 aromatic rings. The molecular formula is C14H26O4. The van der Waals surface area contributed by atoms with Crippen LogP contribution in [0.4, 0.5) is 0 Å². The molecule has 0 spiro atoms. The predicted molar refractivity (Wildman–Crippen MR) is 70.1 cm³/mol. The normalized spacial score (nSPS) is 13.8. The first-order chi connectivity index (χ1) is 8.51. The molecule has 0 heterocycles. The summed E-state index contributed by atoms with van der Waals surface area (Å²) in [6.07, 6.45) is 5.46. The van der Waals surface area contributed by atoms with Gasteiger partial charge in [-0.15, -0.1) is 0 Å². The van der Waals surface area contributed by atoms with Gasteiger partial charge in [-0.3, -0.25) is 9.59 Å². The van der Waals surface area contributed by atoms with Crippen LogP contribution in [-0.2, 0) is 19.1 Å². The number of esters is 2. The van der Waals surface area contributed by atoms with E-state index in [9.17, 15) is 9.59 Å². The summed E-state index contributed by atoms with van der Waals surface area (Å²) in [4.78, 5) is 22.1. The first-order valence-electron chi connectivity index (χ1n) is 6.65. The highest BCUT2D eigenvalue weighted by molar-refractivity contribution is 5.71. The van der Waals surface area contributed by atoms with Crippen molar-refractivity contribution in [3.05, 3.63) is 0 Å². The first kappa shape index (κ1) is 16.9. The van der Waals surface area contributed by atoms with Crippen molar-refractivity contribution in [2.45, 2.75) is 52.4 Å². The molecule has 106 valence electrons. The van der Waals surface area contributed by atoms with E-state index < -0.39 is 0 Å². The number of unbranched alkanes of at least 4 members (excludes halogenated alkanes) is 2. The van der Waals surface area contributed by atoms with Crippen molar-refractivity contribution in [2.75, 3.05) is 14.2 Å². The molecule has 0 N–H and O–H groups in total. The molecule has 0 amide bonds. The zero-order chi connectivity index (χ0) is 14.0. The van der Waals surface area contributed by atoms with Gasteiger partial charge in [-0.25, -0.2) is 0 Å². The monoisotopic (exact) mass is 258 g/mol. The summed E-state index contributed by atoms with van der Waals surface area (Å²) in [6.45, 7) is 4.05. The van der Waals surface area contributed by atoms with E-state index in [1.807, 2.05) is 6.92 Å². The van der Waals surface area contributed by atoms with Gasteiger partial charge >= 0.3 is 11.9 Å². The maximum absolute atomic E-state index is 11.3. The fourth-order valence-corrected chi connectivity index (χ4v) is 2.06. The molecule has 0 aliphatic carbocycles. The van der Waals surface area contributed by atoms with Gasteiger partial charge in [-0.05, 0) is 18.8 Å². The third-order valence-electron chi connectivity index (χ3n) is 3.16. The molecular weight excluding hydrogens is 232 g/mol. The standard InChI is InChI=1S/C14H26O4/c1-11(10-12(2)14(16)18-4)8-6-5-7-9-13(15)17-3/h11-12H,5-10H2,1-4H3. The molecule has 4 heteroatoms. The van der Waals surface area contributed by atoms with Crippen molar-refractivity contribution in [1.82, 2.24) is 0 Å². The minimum atomic E-state index is -0.137. The molecule has 0 aliphatic heterocycles. The Balaban J connectivity index is 3.56. The number of hydrogen-bond donors (Lipinski definition) is 0. The van der Waals surface area contributed by atoms with E-state index in [1.165, 1.54) is 14.2 Å². The molecule has 0 bridgehead atoms. The average molecular weight is 258 g/mol. The molecule has 0 aliphatic rings. The van der Waals surface area contributed by atoms with Crippen LogP contribution in [0.3, 0.4) is 0 Å². The van der Waals surface area contributed by atoms with E-state index in [-0.39, 0.29) is 17.9 Å². The largest absolute Gasteiger partial charge is 0.469 e. The van der Waals surface area contributed by atoms with Crippen molar-refractivity contribution < 1.29 is 19.1 Å². The molecule has 2 atom stereocenters. The van der Waals surface area contributed by atoms with E-state index in [4.69, 9.17) is 4.74 Å². The van der Waals surface area contributed by atoms with Gasteiger partial charge in [0.15, 0.2) is 0 Å². The van der Waals surface area contributed by atoms with E-state index >= 15 is 0 Å². The van der Waals surface area contributed by atoms with Gasteiger partial charge in [0.05, 0.1) is 20.1 Å². The van der Waals surface area contributed by atoms with E-state index in [2.05, 4.69) is 11.7 Å². The third kappa shape index (κ3) is 8.09. The molecule has 0 aromatic carbocycles. The molecule has 0 radical (unpaired) electrons. The van der Waals surface area contributed by atoms with Crippen molar-refractivity contribution in [3.63, 3.8) is 0 Å². The van der Waals surface area contributed by atoms with Crippen LogP contribution in [0.25, 0.3) is 0 Å². The van der Waals surface area contributed by atoms with Gasteiger partial charge < -0.3 is 9.47 Å². The topological polar surface area (TPSA) is 52.6 Å². The van der Waals surface area contributed by atoms with Crippen LogP contribution in [0.1, 0.15) is 52.4 Å². The fourth-order valence-electron chi connectivity index (χ4n) is 2.06. The highest BCUT2D eigenvalue weighted by Gasteiger charge is 2.16. The molecule has 18 heavy (non-hydrogen) atoms. The second-order valence-electron chi connectivity index (χ2n) is 4.94. The van der Waals surface area contributed by atoms with E-state index in [0.29, 0.717) is 12.3 Å². The Kier molecular flexibility index (Phi) is 9.33. The lowest BCUT2D eigenvalue weighted by molar-refractivity contribution is -0.145. The van der Waals surface area contributed by atoms with E-state index in [0.717, 1.165) is 32.1 Å². The third-order valence-corrected chi connectivity index (χ3v) is 3.16. The number of ether oxygens (including phenoxy) is 2. The second kappa shape index (κ2) is 9.92. The Labute approximate surface area is 110 Å². The summed E-state index contributed by atoms with van der Waals surface area (Å²) in [5, 5.41) is 0. The highest BCUT2D eigenvalue weighted by atomic mass is 16.5. The summed E-state index contributed by atoms with van der Waals surface area (Å²) in [5.41, 5.74) is 0. The lowest BCUT2D eigenvalue weighted by atomic mass is 9.92. The Morgan fingerprint density at radius 2 is 1.67 bits per heavy atom. The van der Waals surface area contributed by atoms with Gasteiger partial charge in [0.2, 0.25) is 0 Å². The fraction of sp³-hybridized carbons (Fsp3) is 0.857. The van der Waals surface area contributed by atoms with Crippen molar-refractivity contribution >= 4 is 11.9 Å². The Morgan fingerprint density at radius 3 is 2.22 bits per heavy atom. The van der Waals surface area contributed by atoms with Crippen molar-refractivity contribution in [3.8, 4) is 0 Å². The lowest BCUT2D eigenvalue weighted by Gasteiger charge is -2.15. The summed E-state index contributed by atoms with van der Waals surface area (Å²) in [6, 6.07) is 0. The van der Waals surface area contributed by atoms with Gasteiger partial charge in [0.1, 0.15) is 0 Å². The van der Waals surface area contributed by atoms with Gasteiger partial charge in [0, 0.05) is 6.42 Å². The maximum Gasteiger partial charge on any atom is 0.308 e. The molecule has 0 saturated carbocycles. The summed E-state index contributed by atoms with van der Waals surface area (Å²) >= 11 is 0. The Hall–Kier alpha value is -1.06. The van der Waals surface area contributed by atoms with Crippen LogP contribution in [0.2, 0.25) is 0 Å². The Morgan fingerprint density at radius 1 is 1.00 bits per heavy atom. The summed E-state index contributed by atoms with van der Waals surface area (Å²) in [7, 11) is 2.84. The number of rotatable bonds is 9. The molecule has 2 unspecified atom stereocenters. The summed E-state index contributed by atoms with van der Waals surface area (Å²) in [5.74, 6) is 0.215. The smallest absolute Gasteiger partial charge is 0.308 e. The Bertz CT molecular complexity index is 250. The van der Waals surface area contributed by atoms with Gasteiger partial charge in [-0.2, -0.15) is 0 Å². The van der Waals surface area contributed by atoms with Crippen LogP contribution in [0.15, 0.2) is 0 Å². The number of carbonyl (C=O) groups is 2. The number of carbonyl (C=O) groups excluding carboxylic acids is 2. The van der Waals surface area contributed by atoms with Crippen LogP contribution in [0.5, 0.6) is 0 Å². The van der Waals surface area contributed by atoms with Crippen molar-refractivity contribution in [1.29, 1.82) is 0 Å². The van der Waals surface area contributed by atoms with Crippen LogP contribution in [0, 0.1) is 11.8 Å². The van der Waals surface area contributed by atoms with E-state index in [1.54, 1.807) is 0 Å². The minimum absolute atomic E-state index is 0.0277. The number of hydrogen-bond acceptors (Lipinski definition) is 4. The quantitative estimate of drug-likeness (QED) is 0.471. The first-order valence-corrected chi connectivity index (χ1v) is 6.65.